The van der Waals surface area contributed by atoms with E-state index in [0.29, 0.717) is 31.9 Å². The molecule has 0 saturated carbocycles. The van der Waals surface area contributed by atoms with Crippen LogP contribution in [0, 0.1) is 5.92 Å². The lowest BCUT2D eigenvalue weighted by Gasteiger charge is -2.39. The number of likely N-dealkylation sites (N-methyl/N-ethyl adjacent to an activating group) is 1. The van der Waals surface area contributed by atoms with Gasteiger partial charge < -0.3 is 24.4 Å². The van der Waals surface area contributed by atoms with Gasteiger partial charge in [-0.15, -0.1) is 0 Å². The zero-order chi connectivity index (χ0) is 20.8. The Morgan fingerprint density at radius 2 is 1.93 bits per heavy atom. The molecule has 1 saturated heterocycles. The van der Waals surface area contributed by atoms with Crippen molar-refractivity contribution >= 4 is 21.8 Å². The first-order valence-electron chi connectivity index (χ1n) is 10.4. The monoisotopic (exact) mass is 466 g/mol. The Hall–Kier alpha value is -1.41. The van der Waals surface area contributed by atoms with E-state index in [1.165, 1.54) is 0 Å². The molecule has 1 fully saturated rings. The molecule has 29 heavy (non-hydrogen) atoms. The fourth-order valence-corrected chi connectivity index (χ4v) is 4.25. The summed E-state index contributed by atoms with van der Waals surface area (Å²) in [6.07, 6.45) is 2.88. The predicted molar refractivity (Wildman–Crippen MR) is 115 cm³/mol. The molecule has 0 unspecified atom stereocenters. The number of benzene rings is 1. The summed E-state index contributed by atoms with van der Waals surface area (Å²) in [5, 5.41) is 9.37. The second kappa shape index (κ2) is 10.6. The van der Waals surface area contributed by atoms with Gasteiger partial charge in [0.15, 0.2) is 5.76 Å². The van der Waals surface area contributed by atoms with Gasteiger partial charge in [-0.3, -0.25) is 4.79 Å². The molecule has 1 aromatic carbocycles. The summed E-state index contributed by atoms with van der Waals surface area (Å²) < 4.78 is 13.0. The zero-order valence-electron chi connectivity index (χ0n) is 17.2. The molecule has 2 aliphatic heterocycles. The molecular formula is C22H31BrN2O4. The van der Waals surface area contributed by atoms with Crippen LogP contribution in [0.5, 0.6) is 0 Å². The Bertz CT molecular complexity index is 701. The number of piperazine rings is 1. The highest BCUT2D eigenvalue weighted by molar-refractivity contribution is 9.10. The third-order valence-corrected chi connectivity index (χ3v) is 6.20. The van der Waals surface area contributed by atoms with Crippen LogP contribution in [0.3, 0.4) is 0 Å². The molecule has 1 N–H and O–H groups in total. The van der Waals surface area contributed by atoms with E-state index >= 15 is 0 Å². The minimum atomic E-state index is -0.503. The molecule has 6 nitrogen and oxygen atoms in total. The standard InChI is InChI=1S/C22H31BrN2O4/c1-3-28-22-18(5-4-14-26)19(16-6-8-17(23)9-7-16)15-20(29-22)21(27)25-12-10-24(2)11-13-25/h6-9,15,18-19,22,26H,3-5,10-14H2,1-2H3/t18-,19+,22+/m0/s1. The minimum Gasteiger partial charge on any atom is -0.459 e. The molecule has 0 radical (unpaired) electrons. The molecule has 2 aliphatic rings. The predicted octanol–water partition coefficient (Wildman–Crippen LogP) is 2.97. The lowest BCUT2D eigenvalue weighted by molar-refractivity contribution is -0.170. The van der Waals surface area contributed by atoms with Crippen molar-refractivity contribution in [3.63, 3.8) is 0 Å². The number of aliphatic hydroxyl groups excluding tert-OH is 1. The van der Waals surface area contributed by atoms with Crippen molar-refractivity contribution in [1.29, 1.82) is 0 Å². The quantitative estimate of drug-likeness (QED) is 0.668. The van der Waals surface area contributed by atoms with Crippen molar-refractivity contribution in [2.24, 2.45) is 5.92 Å². The van der Waals surface area contributed by atoms with Gasteiger partial charge in [-0.05, 0) is 50.6 Å². The molecule has 160 valence electrons. The topological polar surface area (TPSA) is 62.2 Å². The SMILES string of the molecule is CCO[C@@H]1OC(C(=O)N2CCN(C)CC2)=C[C@H](c2ccc(Br)cc2)[C@@H]1CCCO. The van der Waals surface area contributed by atoms with Crippen LogP contribution in [-0.2, 0) is 14.3 Å². The van der Waals surface area contributed by atoms with E-state index in [1.54, 1.807) is 0 Å². The van der Waals surface area contributed by atoms with Gasteiger partial charge in [0, 0.05) is 55.7 Å². The van der Waals surface area contributed by atoms with Gasteiger partial charge in [-0.25, -0.2) is 0 Å². The van der Waals surface area contributed by atoms with Crippen molar-refractivity contribution in [3.8, 4) is 0 Å². The molecule has 7 heteroatoms. The normalized spacial score (nSPS) is 25.4. The number of allylic oxidation sites excluding steroid dienone is 1. The second-order valence-corrected chi connectivity index (χ2v) is 8.59. The average Bonchev–Trinajstić information content (AvgIpc) is 2.73. The molecule has 0 aliphatic carbocycles. The van der Waals surface area contributed by atoms with Crippen LogP contribution in [0.15, 0.2) is 40.6 Å². The molecule has 3 atom stereocenters. The number of hydrogen-bond donors (Lipinski definition) is 1. The van der Waals surface area contributed by atoms with Crippen molar-refractivity contribution < 1.29 is 19.4 Å². The first-order chi connectivity index (χ1) is 14.0. The van der Waals surface area contributed by atoms with Gasteiger partial charge in [0.25, 0.3) is 5.91 Å². The van der Waals surface area contributed by atoms with Crippen molar-refractivity contribution in [2.45, 2.75) is 32.0 Å². The number of halogens is 1. The van der Waals surface area contributed by atoms with Crippen molar-refractivity contribution in [1.82, 2.24) is 9.80 Å². The fourth-order valence-electron chi connectivity index (χ4n) is 3.99. The Kier molecular flexibility index (Phi) is 8.12. The van der Waals surface area contributed by atoms with Crippen molar-refractivity contribution in [3.05, 3.63) is 46.1 Å². The highest BCUT2D eigenvalue weighted by atomic mass is 79.9. The van der Waals surface area contributed by atoms with E-state index in [-0.39, 0.29) is 24.3 Å². The fraction of sp³-hybridized carbons (Fsp3) is 0.591. The van der Waals surface area contributed by atoms with Gasteiger partial charge in [-0.2, -0.15) is 0 Å². The molecule has 0 bridgehead atoms. The number of hydrogen-bond acceptors (Lipinski definition) is 5. The Labute approximate surface area is 181 Å². The Morgan fingerprint density at radius 1 is 1.24 bits per heavy atom. The van der Waals surface area contributed by atoms with Gasteiger partial charge in [0.2, 0.25) is 6.29 Å². The summed E-state index contributed by atoms with van der Waals surface area (Å²) in [6, 6.07) is 8.17. The summed E-state index contributed by atoms with van der Waals surface area (Å²) in [6.45, 7) is 5.69. The van der Waals surface area contributed by atoms with Crippen LogP contribution in [0.2, 0.25) is 0 Å². The van der Waals surface area contributed by atoms with Crippen LogP contribution < -0.4 is 0 Å². The van der Waals surface area contributed by atoms with Crippen molar-refractivity contribution in [2.75, 3.05) is 46.4 Å². The number of carbonyl (C=O) groups is 1. The van der Waals surface area contributed by atoms with Gasteiger partial charge in [0.05, 0.1) is 0 Å². The summed E-state index contributed by atoms with van der Waals surface area (Å²) in [5.74, 6) is 0.338. The van der Waals surface area contributed by atoms with Crippen LogP contribution in [-0.4, -0.2) is 73.5 Å². The van der Waals surface area contributed by atoms with Gasteiger partial charge >= 0.3 is 0 Å². The van der Waals surface area contributed by atoms with Gasteiger partial charge in [0.1, 0.15) is 0 Å². The van der Waals surface area contributed by atoms with E-state index in [0.717, 1.165) is 29.5 Å². The molecule has 1 amide bonds. The number of carbonyl (C=O) groups excluding carboxylic acids is 1. The van der Waals surface area contributed by atoms with E-state index in [2.05, 4.69) is 40.0 Å². The number of ether oxygens (including phenoxy) is 2. The van der Waals surface area contributed by atoms with Crippen LogP contribution in [0.25, 0.3) is 0 Å². The van der Waals surface area contributed by atoms with Crippen LogP contribution in [0.1, 0.15) is 31.2 Å². The minimum absolute atomic E-state index is 0.00800. The molecule has 0 spiro atoms. The highest BCUT2D eigenvalue weighted by Crippen LogP contribution is 2.40. The summed E-state index contributed by atoms with van der Waals surface area (Å²) in [5.41, 5.74) is 1.12. The molecule has 1 aromatic rings. The van der Waals surface area contributed by atoms with E-state index in [4.69, 9.17) is 9.47 Å². The number of amides is 1. The van der Waals surface area contributed by atoms with Crippen LogP contribution in [0.4, 0.5) is 0 Å². The zero-order valence-corrected chi connectivity index (χ0v) is 18.8. The summed E-state index contributed by atoms with van der Waals surface area (Å²) in [4.78, 5) is 17.3. The molecule has 0 aromatic heterocycles. The largest absolute Gasteiger partial charge is 0.459 e. The molecule has 2 heterocycles. The first kappa shape index (κ1) is 22.3. The number of rotatable bonds is 7. The first-order valence-corrected chi connectivity index (χ1v) is 11.2. The maximum Gasteiger partial charge on any atom is 0.288 e. The smallest absolute Gasteiger partial charge is 0.288 e. The lowest BCUT2D eigenvalue weighted by atomic mass is 9.80. The average molecular weight is 467 g/mol. The lowest BCUT2D eigenvalue weighted by Crippen LogP contribution is -2.49. The Balaban J connectivity index is 1.90. The third kappa shape index (κ3) is 5.60. The van der Waals surface area contributed by atoms with Crippen LogP contribution >= 0.6 is 15.9 Å². The maximum absolute atomic E-state index is 13.2. The maximum atomic E-state index is 13.2. The number of aliphatic hydroxyl groups is 1. The summed E-state index contributed by atoms with van der Waals surface area (Å²) in [7, 11) is 2.07. The molecular weight excluding hydrogens is 436 g/mol. The Morgan fingerprint density at radius 3 is 2.55 bits per heavy atom. The second-order valence-electron chi connectivity index (χ2n) is 7.68. The molecule has 3 rings (SSSR count). The highest BCUT2D eigenvalue weighted by Gasteiger charge is 2.39. The van der Waals surface area contributed by atoms with E-state index in [9.17, 15) is 9.90 Å². The van der Waals surface area contributed by atoms with E-state index < -0.39 is 6.29 Å². The van der Waals surface area contributed by atoms with E-state index in [1.807, 2.05) is 30.0 Å². The van der Waals surface area contributed by atoms with Gasteiger partial charge in [-0.1, -0.05) is 28.1 Å². The number of nitrogens with zero attached hydrogens (tertiary/aromatic N) is 2. The summed E-state index contributed by atoms with van der Waals surface area (Å²) >= 11 is 3.49. The third-order valence-electron chi connectivity index (χ3n) is 5.67.